The third-order valence-electron chi connectivity index (χ3n) is 3.84. The van der Waals surface area contributed by atoms with Gasteiger partial charge in [0.25, 0.3) is 5.69 Å². The summed E-state index contributed by atoms with van der Waals surface area (Å²) >= 11 is 0. The monoisotopic (exact) mass is 366 g/mol. The molecule has 3 rings (SSSR count). The smallest absolute Gasteiger partial charge is 0.269 e. The van der Waals surface area contributed by atoms with Crippen molar-refractivity contribution < 1.29 is 14.1 Å². The number of rotatable bonds is 6. The van der Waals surface area contributed by atoms with Crippen LogP contribution >= 0.6 is 0 Å². The van der Waals surface area contributed by atoms with Gasteiger partial charge in [0.05, 0.1) is 29.3 Å². The number of benzene rings is 2. The van der Waals surface area contributed by atoms with Gasteiger partial charge in [-0.15, -0.1) is 0 Å². The highest BCUT2D eigenvalue weighted by Gasteiger charge is 2.08. The van der Waals surface area contributed by atoms with Crippen molar-refractivity contribution >= 4 is 11.6 Å². The third kappa shape index (κ3) is 4.91. The molecule has 7 nitrogen and oxygen atoms in total. The quantitative estimate of drug-likeness (QED) is 0.534. The maximum atomic E-state index is 13.0. The highest BCUT2D eigenvalue weighted by atomic mass is 19.1. The summed E-state index contributed by atoms with van der Waals surface area (Å²) in [5.74, 6) is -0.558. The molecule has 0 aliphatic rings. The van der Waals surface area contributed by atoms with Crippen LogP contribution in [0.4, 0.5) is 10.1 Å². The van der Waals surface area contributed by atoms with Crippen molar-refractivity contribution in [3.8, 4) is 11.3 Å². The van der Waals surface area contributed by atoms with E-state index in [1.165, 1.54) is 30.6 Å². The standard InChI is InChI=1S/C19H15FN4O3/c20-15-5-3-14(4-6-15)18-10-16(22-12-23-18)11-21-19(25)9-13-1-7-17(8-2-13)24(26)27/h1-8,10,12H,9,11H2,(H,21,25). The number of nitro benzene ring substituents is 1. The molecular weight excluding hydrogens is 351 g/mol. The fourth-order valence-electron chi connectivity index (χ4n) is 2.45. The van der Waals surface area contributed by atoms with E-state index in [9.17, 15) is 19.3 Å². The van der Waals surface area contributed by atoms with Gasteiger partial charge in [0.1, 0.15) is 12.1 Å². The SMILES string of the molecule is O=C(Cc1ccc([N+](=O)[O-])cc1)NCc1cc(-c2ccc(F)cc2)ncn1. The number of amides is 1. The average Bonchev–Trinajstić information content (AvgIpc) is 2.67. The molecule has 0 fully saturated rings. The van der Waals surface area contributed by atoms with Crippen molar-refractivity contribution in [3.63, 3.8) is 0 Å². The molecule has 1 heterocycles. The minimum absolute atomic E-state index is 0.0199. The number of hydrogen-bond donors (Lipinski definition) is 1. The number of nitrogens with one attached hydrogen (secondary N) is 1. The van der Waals surface area contributed by atoms with Gasteiger partial charge in [-0.1, -0.05) is 12.1 Å². The van der Waals surface area contributed by atoms with E-state index in [0.29, 0.717) is 17.0 Å². The topological polar surface area (TPSA) is 98.0 Å². The minimum atomic E-state index is -0.488. The first-order valence-electron chi connectivity index (χ1n) is 8.08. The summed E-state index contributed by atoms with van der Waals surface area (Å²) in [6.45, 7) is 0.211. The number of carbonyl (C=O) groups is 1. The molecule has 0 saturated carbocycles. The number of aromatic nitrogens is 2. The Kier molecular flexibility index (Phi) is 5.46. The first-order valence-corrected chi connectivity index (χ1v) is 8.08. The van der Waals surface area contributed by atoms with Crippen LogP contribution in [0, 0.1) is 15.9 Å². The summed E-state index contributed by atoms with van der Waals surface area (Å²) in [5, 5.41) is 13.4. The van der Waals surface area contributed by atoms with Crippen LogP contribution in [0.15, 0.2) is 60.9 Å². The Labute approximate surface area is 154 Å². The first kappa shape index (κ1) is 18.1. The van der Waals surface area contributed by atoms with E-state index in [-0.39, 0.29) is 30.4 Å². The van der Waals surface area contributed by atoms with E-state index >= 15 is 0 Å². The van der Waals surface area contributed by atoms with E-state index in [1.807, 2.05) is 0 Å². The molecule has 1 aromatic heterocycles. The number of halogens is 1. The zero-order valence-electron chi connectivity index (χ0n) is 14.1. The van der Waals surface area contributed by atoms with Crippen LogP contribution < -0.4 is 5.32 Å². The van der Waals surface area contributed by atoms with Crippen LogP contribution in [0.25, 0.3) is 11.3 Å². The predicted octanol–water partition coefficient (Wildman–Crippen LogP) is 3.05. The van der Waals surface area contributed by atoms with Gasteiger partial charge in [0.15, 0.2) is 0 Å². The van der Waals surface area contributed by atoms with E-state index in [2.05, 4.69) is 15.3 Å². The molecule has 3 aromatic rings. The van der Waals surface area contributed by atoms with Crippen LogP contribution in [0.3, 0.4) is 0 Å². The molecule has 0 radical (unpaired) electrons. The number of non-ortho nitro benzene ring substituents is 1. The molecule has 0 spiro atoms. The Morgan fingerprint density at radius 3 is 2.44 bits per heavy atom. The molecule has 0 bridgehead atoms. The van der Waals surface area contributed by atoms with Crippen molar-refractivity contribution in [3.05, 3.63) is 88.1 Å². The Balaban J connectivity index is 1.59. The average molecular weight is 366 g/mol. The third-order valence-corrected chi connectivity index (χ3v) is 3.84. The minimum Gasteiger partial charge on any atom is -0.350 e. The van der Waals surface area contributed by atoms with Gasteiger partial charge in [-0.05, 0) is 35.9 Å². The number of hydrogen-bond acceptors (Lipinski definition) is 5. The zero-order valence-corrected chi connectivity index (χ0v) is 14.1. The van der Waals surface area contributed by atoms with E-state index in [0.717, 1.165) is 5.56 Å². The molecule has 27 heavy (non-hydrogen) atoms. The zero-order chi connectivity index (χ0) is 19.2. The highest BCUT2D eigenvalue weighted by molar-refractivity contribution is 5.78. The van der Waals surface area contributed by atoms with Crippen LogP contribution in [-0.4, -0.2) is 20.8 Å². The van der Waals surface area contributed by atoms with Gasteiger partial charge < -0.3 is 5.32 Å². The second-order valence-electron chi connectivity index (χ2n) is 5.78. The van der Waals surface area contributed by atoms with Crippen molar-refractivity contribution in [2.24, 2.45) is 0 Å². The van der Waals surface area contributed by atoms with Crippen molar-refractivity contribution in [1.82, 2.24) is 15.3 Å². The molecule has 0 saturated heterocycles. The van der Waals surface area contributed by atoms with Crippen LogP contribution in [0.1, 0.15) is 11.3 Å². The molecule has 1 N–H and O–H groups in total. The molecule has 8 heteroatoms. The first-order chi connectivity index (χ1) is 13.0. The largest absolute Gasteiger partial charge is 0.350 e. The summed E-state index contributed by atoms with van der Waals surface area (Å²) in [7, 11) is 0. The number of nitrogens with zero attached hydrogens (tertiary/aromatic N) is 3. The van der Waals surface area contributed by atoms with E-state index in [1.54, 1.807) is 30.3 Å². The maximum Gasteiger partial charge on any atom is 0.269 e. The van der Waals surface area contributed by atoms with E-state index in [4.69, 9.17) is 0 Å². The Morgan fingerprint density at radius 1 is 1.07 bits per heavy atom. The summed E-state index contributed by atoms with van der Waals surface area (Å²) in [5.41, 5.74) is 2.64. The molecule has 136 valence electrons. The van der Waals surface area contributed by atoms with Gasteiger partial charge >= 0.3 is 0 Å². The van der Waals surface area contributed by atoms with Gasteiger partial charge in [0, 0.05) is 17.7 Å². The summed E-state index contributed by atoms with van der Waals surface area (Å²) in [6.07, 6.45) is 1.49. The Morgan fingerprint density at radius 2 is 1.78 bits per heavy atom. The second kappa shape index (κ2) is 8.13. The normalized spacial score (nSPS) is 10.4. The van der Waals surface area contributed by atoms with Gasteiger partial charge in [-0.2, -0.15) is 0 Å². The molecule has 0 aliphatic carbocycles. The lowest BCUT2D eigenvalue weighted by Gasteiger charge is -2.07. The van der Waals surface area contributed by atoms with Crippen LogP contribution in [0.5, 0.6) is 0 Å². The lowest BCUT2D eigenvalue weighted by molar-refractivity contribution is -0.384. The van der Waals surface area contributed by atoms with Crippen LogP contribution in [-0.2, 0) is 17.8 Å². The van der Waals surface area contributed by atoms with Gasteiger partial charge in [0.2, 0.25) is 5.91 Å². The fourth-order valence-corrected chi connectivity index (χ4v) is 2.45. The summed E-state index contributed by atoms with van der Waals surface area (Å²) in [4.78, 5) is 30.5. The van der Waals surface area contributed by atoms with Crippen molar-refractivity contribution in [1.29, 1.82) is 0 Å². The summed E-state index contributed by atoms with van der Waals surface area (Å²) in [6, 6.07) is 13.5. The molecular formula is C19H15FN4O3. The predicted molar refractivity (Wildman–Crippen MR) is 96.1 cm³/mol. The van der Waals surface area contributed by atoms with Gasteiger partial charge in [-0.25, -0.2) is 14.4 Å². The Bertz CT molecular complexity index is 959. The van der Waals surface area contributed by atoms with E-state index < -0.39 is 4.92 Å². The van der Waals surface area contributed by atoms with Crippen molar-refractivity contribution in [2.45, 2.75) is 13.0 Å². The lowest BCUT2D eigenvalue weighted by atomic mass is 10.1. The lowest BCUT2D eigenvalue weighted by Crippen LogP contribution is -2.25. The second-order valence-corrected chi connectivity index (χ2v) is 5.78. The van der Waals surface area contributed by atoms with Gasteiger partial charge in [-0.3, -0.25) is 14.9 Å². The molecule has 0 unspecified atom stereocenters. The summed E-state index contributed by atoms with van der Waals surface area (Å²) < 4.78 is 13.0. The number of nitro groups is 1. The molecule has 2 aromatic carbocycles. The molecule has 0 aliphatic heterocycles. The highest BCUT2D eigenvalue weighted by Crippen LogP contribution is 2.17. The number of carbonyl (C=O) groups excluding carboxylic acids is 1. The van der Waals surface area contributed by atoms with Crippen molar-refractivity contribution in [2.75, 3.05) is 0 Å². The fraction of sp³-hybridized carbons (Fsp3) is 0.105. The Hall–Kier alpha value is -3.68. The maximum absolute atomic E-state index is 13.0. The molecule has 0 atom stereocenters. The van der Waals surface area contributed by atoms with Crippen LogP contribution in [0.2, 0.25) is 0 Å². The molecule has 1 amide bonds.